The summed E-state index contributed by atoms with van der Waals surface area (Å²) in [5.74, 6) is -2.66. The van der Waals surface area contributed by atoms with E-state index in [9.17, 15) is 31.2 Å². The lowest BCUT2D eigenvalue weighted by molar-refractivity contribution is -0.119. The highest BCUT2D eigenvalue weighted by Gasteiger charge is 2.29. The predicted molar refractivity (Wildman–Crippen MR) is 194 cm³/mol. The lowest BCUT2D eigenvalue weighted by Crippen LogP contribution is -2.48. The molecule has 1 saturated heterocycles. The van der Waals surface area contributed by atoms with Crippen LogP contribution in [0.1, 0.15) is 21.5 Å². The average molecular weight is 748 g/mol. The summed E-state index contributed by atoms with van der Waals surface area (Å²) in [6, 6.07) is 22.2. The molecule has 51 heavy (non-hydrogen) atoms. The van der Waals surface area contributed by atoms with Gasteiger partial charge in [0.05, 0.1) is 47.7 Å². The fourth-order valence-electron chi connectivity index (χ4n) is 5.12. The maximum atomic E-state index is 13.2. The molecule has 276 valence electrons. The van der Waals surface area contributed by atoms with Gasteiger partial charge in [0.15, 0.2) is 0 Å². The van der Waals surface area contributed by atoms with Crippen LogP contribution in [0, 0.1) is 0 Å². The number of nitrogens with zero attached hydrogens (tertiary/aromatic N) is 3. The number of ether oxygens (including phenoxy) is 1. The molecular weight excluding hydrogens is 707 g/mol. The Balaban J connectivity index is 0.000000559. The summed E-state index contributed by atoms with van der Waals surface area (Å²) in [6.07, 6.45) is 0. The van der Waals surface area contributed by atoms with Gasteiger partial charge in [0.2, 0.25) is 5.91 Å². The first-order chi connectivity index (χ1) is 23.5. The second-order valence-corrected chi connectivity index (χ2v) is 14.7. The van der Waals surface area contributed by atoms with Crippen LogP contribution in [0.2, 0.25) is 0 Å². The van der Waals surface area contributed by atoms with Crippen molar-refractivity contribution in [1.82, 2.24) is 9.80 Å². The van der Waals surface area contributed by atoms with E-state index in [1.165, 1.54) is 7.11 Å². The molecule has 3 aromatic rings. The van der Waals surface area contributed by atoms with Gasteiger partial charge in [-0.05, 0) is 49.0 Å². The van der Waals surface area contributed by atoms with E-state index in [0.717, 1.165) is 43.1 Å². The summed E-state index contributed by atoms with van der Waals surface area (Å²) in [6.45, 7) is 4.09. The van der Waals surface area contributed by atoms with E-state index in [-0.39, 0.29) is 17.3 Å². The monoisotopic (exact) mass is 747 g/mol. The van der Waals surface area contributed by atoms with Gasteiger partial charge in [-0.3, -0.25) is 23.6 Å². The number of hydrogen-bond acceptors (Lipinski definition) is 11. The fourth-order valence-corrected chi connectivity index (χ4v) is 6.81. The first-order valence-electron chi connectivity index (χ1n) is 15.3. The molecule has 0 saturated carbocycles. The summed E-state index contributed by atoms with van der Waals surface area (Å²) >= 11 is 0. The van der Waals surface area contributed by atoms with E-state index < -0.39 is 37.7 Å². The van der Waals surface area contributed by atoms with Crippen molar-refractivity contribution in [3.8, 4) is 0 Å². The molecule has 2 amide bonds. The maximum Gasteiger partial charge on any atom is 0.337 e. The normalized spacial score (nSPS) is 15.7. The summed E-state index contributed by atoms with van der Waals surface area (Å²) < 4.78 is 60.2. The van der Waals surface area contributed by atoms with Crippen LogP contribution in [-0.4, -0.2) is 124 Å². The molecule has 0 bridgehead atoms. The molecule has 0 spiro atoms. The van der Waals surface area contributed by atoms with Gasteiger partial charge in [-0.1, -0.05) is 36.4 Å². The minimum atomic E-state index is -4.30. The zero-order valence-electron chi connectivity index (χ0n) is 28.2. The Morgan fingerprint density at radius 3 is 2.02 bits per heavy atom. The van der Waals surface area contributed by atoms with Gasteiger partial charge in [0.1, 0.15) is 0 Å². The number of carbonyl (C=O) groups excluding carboxylic acids is 3. The Labute approximate surface area is 296 Å². The van der Waals surface area contributed by atoms with Crippen molar-refractivity contribution in [2.75, 3.05) is 81.0 Å². The third-order valence-corrected chi connectivity index (χ3v) is 9.65. The third kappa shape index (κ3) is 11.7. The SMILES string of the molecule is COC(=O)c1ccc2c(c1)NC(=O)C2=C(Nc1ccc(N(C)C(=O)CN2CCN(C)CC2)cc1)c1ccccc1.O.O=S(=O)(O)CCS(=O)(=O)O. The summed E-state index contributed by atoms with van der Waals surface area (Å²) in [4.78, 5) is 44.3. The van der Waals surface area contributed by atoms with E-state index >= 15 is 0 Å². The first-order valence-corrected chi connectivity index (χ1v) is 18.5. The molecule has 3 aromatic carbocycles. The number of esters is 1. The second-order valence-electron chi connectivity index (χ2n) is 11.6. The number of anilines is 3. The van der Waals surface area contributed by atoms with E-state index in [4.69, 9.17) is 13.8 Å². The molecule has 6 N–H and O–H groups in total. The fraction of sp³-hybridized carbons (Fsp3) is 0.303. The highest BCUT2D eigenvalue weighted by Crippen LogP contribution is 2.38. The van der Waals surface area contributed by atoms with Gasteiger partial charge in [0.25, 0.3) is 26.1 Å². The molecule has 5 rings (SSSR count). The second kappa shape index (κ2) is 17.5. The van der Waals surface area contributed by atoms with Crippen LogP contribution in [0.5, 0.6) is 0 Å². The highest BCUT2D eigenvalue weighted by molar-refractivity contribution is 7.89. The average Bonchev–Trinajstić information content (AvgIpc) is 3.41. The predicted octanol–water partition coefficient (Wildman–Crippen LogP) is 1.55. The molecule has 2 aliphatic heterocycles. The van der Waals surface area contributed by atoms with Crippen molar-refractivity contribution >= 4 is 66.4 Å². The van der Waals surface area contributed by atoms with Crippen LogP contribution in [0.25, 0.3) is 11.3 Å². The van der Waals surface area contributed by atoms with Crippen LogP contribution < -0.4 is 15.5 Å². The molecule has 0 radical (unpaired) electrons. The molecule has 18 heteroatoms. The zero-order chi connectivity index (χ0) is 36.6. The number of piperazine rings is 1. The van der Waals surface area contributed by atoms with Crippen molar-refractivity contribution in [2.45, 2.75) is 0 Å². The zero-order valence-corrected chi connectivity index (χ0v) is 29.8. The Morgan fingerprint density at radius 1 is 0.882 bits per heavy atom. The van der Waals surface area contributed by atoms with Gasteiger partial charge in [-0.2, -0.15) is 16.8 Å². The number of fused-ring (bicyclic) bond motifs is 1. The molecule has 2 aliphatic rings. The van der Waals surface area contributed by atoms with Crippen LogP contribution >= 0.6 is 0 Å². The lowest BCUT2D eigenvalue weighted by atomic mass is 9.99. The van der Waals surface area contributed by atoms with E-state index in [1.54, 1.807) is 30.1 Å². The summed E-state index contributed by atoms with van der Waals surface area (Å²) in [5.41, 5.74) is 5.10. The van der Waals surface area contributed by atoms with E-state index in [0.29, 0.717) is 34.6 Å². The smallest absolute Gasteiger partial charge is 0.337 e. The third-order valence-electron chi connectivity index (χ3n) is 7.95. The molecule has 0 aliphatic carbocycles. The largest absolute Gasteiger partial charge is 0.465 e. The van der Waals surface area contributed by atoms with Crippen molar-refractivity contribution in [1.29, 1.82) is 0 Å². The maximum absolute atomic E-state index is 13.2. The molecule has 16 nitrogen and oxygen atoms in total. The Morgan fingerprint density at radius 2 is 1.47 bits per heavy atom. The van der Waals surface area contributed by atoms with Crippen LogP contribution in [0.15, 0.2) is 72.8 Å². The van der Waals surface area contributed by atoms with Crippen LogP contribution in [0.4, 0.5) is 17.1 Å². The molecule has 0 unspecified atom stereocenters. The van der Waals surface area contributed by atoms with E-state index in [2.05, 4.69) is 27.5 Å². The van der Waals surface area contributed by atoms with Crippen molar-refractivity contribution in [3.63, 3.8) is 0 Å². The number of rotatable bonds is 10. The van der Waals surface area contributed by atoms with Crippen LogP contribution in [0.3, 0.4) is 0 Å². The summed E-state index contributed by atoms with van der Waals surface area (Å²) in [5, 5.41) is 6.31. The molecule has 0 atom stereocenters. The number of likely N-dealkylation sites (N-methyl/N-ethyl adjacent to an activating group) is 2. The standard InChI is InChI=1S/C31H33N5O4.C2H6O6S2.H2O/c1-34-15-17-36(18-16-34)20-27(37)35(2)24-12-10-23(11-13-24)32-29(21-7-5-4-6-8-21)28-25-14-9-22(31(39)40-3)19-26(25)33-30(28)38;3-9(4,5)1-2-10(6,7)8;/h4-14,19,32H,15-18,20H2,1-3H3,(H,33,38);1-2H2,(H,3,4,5)(H,6,7,8);1H2. The quantitative estimate of drug-likeness (QED) is 0.131. The van der Waals surface area contributed by atoms with Gasteiger partial charge in [-0.15, -0.1) is 0 Å². The molecule has 1 fully saturated rings. The minimum absolute atomic E-state index is 0. The van der Waals surface area contributed by atoms with Crippen LogP contribution in [-0.2, 0) is 34.6 Å². The minimum Gasteiger partial charge on any atom is -0.465 e. The Kier molecular flexibility index (Phi) is 14.0. The van der Waals surface area contributed by atoms with E-state index in [1.807, 2.05) is 54.6 Å². The number of nitrogens with one attached hydrogen (secondary N) is 2. The number of benzene rings is 3. The van der Waals surface area contributed by atoms with Crippen molar-refractivity contribution in [2.24, 2.45) is 0 Å². The number of methoxy groups -OCH3 is 1. The summed E-state index contributed by atoms with van der Waals surface area (Å²) in [7, 11) is -3.38. The van der Waals surface area contributed by atoms with Gasteiger partial charge >= 0.3 is 5.97 Å². The van der Waals surface area contributed by atoms with Gasteiger partial charge in [-0.25, -0.2) is 4.79 Å². The molecule has 0 aromatic heterocycles. The Bertz CT molecular complexity index is 1930. The number of hydrogen-bond donors (Lipinski definition) is 4. The lowest BCUT2D eigenvalue weighted by Gasteiger charge is -2.32. The molecule has 2 heterocycles. The highest BCUT2D eigenvalue weighted by atomic mass is 32.2. The van der Waals surface area contributed by atoms with Crippen molar-refractivity contribution < 1.29 is 50.5 Å². The van der Waals surface area contributed by atoms with Crippen molar-refractivity contribution in [3.05, 3.63) is 89.5 Å². The number of amides is 2. The van der Waals surface area contributed by atoms with Gasteiger partial charge < -0.3 is 30.6 Å². The molecular formula is C33H41N5O11S2. The Hall–Kier alpha value is -4.69. The topological polar surface area (TPSA) is 234 Å². The first kappa shape index (κ1) is 40.7. The number of carbonyl (C=O) groups is 3. The van der Waals surface area contributed by atoms with Gasteiger partial charge in [0, 0.05) is 50.2 Å².